The average Bonchev–Trinajstić information content (AvgIpc) is 2.36. The molecule has 0 bridgehead atoms. The normalized spacial score (nSPS) is 12.7. The maximum absolute atomic E-state index is 12.6. The SMILES string of the molecule is CC(C)(CCO)CNc1ccccc1S(=O)(=O)C(F)F. The Hall–Kier alpha value is -1.21. The average molecular weight is 307 g/mol. The fraction of sp³-hybridized carbons (Fsp3) is 0.538. The Morgan fingerprint density at radius 3 is 2.45 bits per heavy atom. The van der Waals surface area contributed by atoms with Gasteiger partial charge in [-0.1, -0.05) is 26.0 Å². The van der Waals surface area contributed by atoms with E-state index in [4.69, 9.17) is 5.11 Å². The zero-order chi connectivity index (χ0) is 15.4. The summed E-state index contributed by atoms with van der Waals surface area (Å²) in [4.78, 5) is -0.408. The highest BCUT2D eigenvalue weighted by molar-refractivity contribution is 7.91. The quantitative estimate of drug-likeness (QED) is 0.812. The first kappa shape index (κ1) is 16.8. The summed E-state index contributed by atoms with van der Waals surface area (Å²) in [5.74, 6) is -3.45. The molecule has 0 aliphatic heterocycles. The van der Waals surface area contributed by atoms with Gasteiger partial charge >= 0.3 is 5.76 Å². The summed E-state index contributed by atoms with van der Waals surface area (Å²) < 4.78 is 48.4. The van der Waals surface area contributed by atoms with Gasteiger partial charge in [0.25, 0.3) is 0 Å². The second-order valence-electron chi connectivity index (χ2n) is 5.29. The van der Waals surface area contributed by atoms with Crippen molar-refractivity contribution in [3.8, 4) is 0 Å². The lowest BCUT2D eigenvalue weighted by atomic mass is 9.90. The number of aliphatic hydroxyl groups is 1. The third-order valence-electron chi connectivity index (χ3n) is 2.97. The number of benzene rings is 1. The van der Waals surface area contributed by atoms with E-state index in [9.17, 15) is 17.2 Å². The molecule has 1 rings (SSSR count). The Balaban J connectivity index is 2.98. The Labute approximate surface area is 117 Å². The number of aliphatic hydroxyl groups excluding tert-OH is 1. The minimum absolute atomic E-state index is 0.00561. The molecule has 1 aromatic carbocycles. The number of hydrogen-bond donors (Lipinski definition) is 2. The van der Waals surface area contributed by atoms with Crippen LogP contribution in [0.5, 0.6) is 0 Å². The van der Waals surface area contributed by atoms with Gasteiger partial charge in [-0.3, -0.25) is 0 Å². The minimum Gasteiger partial charge on any atom is -0.396 e. The van der Waals surface area contributed by atoms with Crippen LogP contribution in [0.1, 0.15) is 20.3 Å². The fourth-order valence-electron chi connectivity index (χ4n) is 1.68. The number of nitrogens with one attached hydrogen (secondary N) is 1. The molecular formula is C13H19F2NO3S. The van der Waals surface area contributed by atoms with Gasteiger partial charge in [0.15, 0.2) is 0 Å². The first-order chi connectivity index (χ1) is 9.20. The van der Waals surface area contributed by atoms with Crippen molar-refractivity contribution in [3.05, 3.63) is 24.3 Å². The molecule has 0 amide bonds. The minimum atomic E-state index is -4.63. The zero-order valence-corrected chi connectivity index (χ0v) is 12.3. The number of sulfone groups is 1. The van der Waals surface area contributed by atoms with E-state index in [0.717, 1.165) is 6.07 Å². The molecule has 2 N–H and O–H groups in total. The van der Waals surface area contributed by atoms with Crippen LogP contribution < -0.4 is 5.32 Å². The van der Waals surface area contributed by atoms with Gasteiger partial charge in [-0.2, -0.15) is 8.78 Å². The first-order valence-corrected chi connectivity index (χ1v) is 7.71. The Bertz CT molecular complexity index is 544. The monoisotopic (exact) mass is 307 g/mol. The van der Waals surface area contributed by atoms with E-state index in [0.29, 0.717) is 13.0 Å². The molecule has 1 aromatic rings. The number of halogens is 2. The molecule has 0 saturated carbocycles. The number of rotatable bonds is 7. The molecule has 0 aliphatic carbocycles. The van der Waals surface area contributed by atoms with Crippen LogP contribution in [0.2, 0.25) is 0 Å². The third-order valence-corrected chi connectivity index (χ3v) is 4.41. The summed E-state index contributed by atoms with van der Waals surface area (Å²) in [6.07, 6.45) is 0.518. The molecule has 7 heteroatoms. The van der Waals surface area contributed by atoms with Crippen molar-refractivity contribution in [2.45, 2.75) is 30.9 Å². The Kier molecular flexibility index (Phi) is 5.47. The predicted octanol–water partition coefficient (Wildman–Crippen LogP) is 2.50. The lowest BCUT2D eigenvalue weighted by Gasteiger charge is -2.25. The van der Waals surface area contributed by atoms with Crippen LogP contribution in [0, 0.1) is 5.41 Å². The van der Waals surface area contributed by atoms with Crippen LogP contribution in [0.4, 0.5) is 14.5 Å². The zero-order valence-electron chi connectivity index (χ0n) is 11.4. The Morgan fingerprint density at radius 1 is 1.30 bits per heavy atom. The smallest absolute Gasteiger partial charge is 0.341 e. The number of anilines is 1. The van der Waals surface area contributed by atoms with Crippen LogP contribution >= 0.6 is 0 Å². The second-order valence-corrected chi connectivity index (χ2v) is 7.18. The van der Waals surface area contributed by atoms with Gasteiger partial charge in [-0.05, 0) is 24.0 Å². The predicted molar refractivity (Wildman–Crippen MR) is 73.6 cm³/mol. The summed E-state index contributed by atoms with van der Waals surface area (Å²) >= 11 is 0. The van der Waals surface area contributed by atoms with E-state index in [1.165, 1.54) is 12.1 Å². The highest BCUT2D eigenvalue weighted by atomic mass is 32.2. The van der Waals surface area contributed by atoms with Gasteiger partial charge in [0.2, 0.25) is 9.84 Å². The molecule has 0 heterocycles. The Morgan fingerprint density at radius 2 is 1.90 bits per heavy atom. The van der Waals surface area contributed by atoms with Gasteiger partial charge in [-0.15, -0.1) is 0 Å². The summed E-state index contributed by atoms with van der Waals surface area (Å²) in [5.41, 5.74) is -0.130. The van der Waals surface area contributed by atoms with Crippen molar-refractivity contribution < 1.29 is 22.3 Å². The molecule has 0 unspecified atom stereocenters. The molecule has 4 nitrogen and oxygen atoms in total. The van der Waals surface area contributed by atoms with Crippen molar-refractivity contribution in [1.29, 1.82) is 0 Å². The molecule has 0 atom stereocenters. The third kappa shape index (κ3) is 4.14. The molecule has 114 valence electrons. The van der Waals surface area contributed by atoms with E-state index in [-0.39, 0.29) is 17.7 Å². The standard InChI is InChI=1S/C13H19F2NO3S/c1-13(2,7-8-17)9-16-10-5-3-4-6-11(10)20(18,19)12(14)15/h3-6,12,16-17H,7-9H2,1-2H3. The lowest BCUT2D eigenvalue weighted by Crippen LogP contribution is -2.25. The lowest BCUT2D eigenvalue weighted by molar-refractivity contribution is 0.220. The largest absolute Gasteiger partial charge is 0.396 e. The van der Waals surface area contributed by atoms with E-state index < -0.39 is 20.5 Å². The van der Waals surface area contributed by atoms with Crippen LogP contribution in [0.25, 0.3) is 0 Å². The molecule has 0 saturated heterocycles. The van der Waals surface area contributed by atoms with Crippen LogP contribution in [-0.4, -0.2) is 32.4 Å². The number of alkyl halides is 2. The van der Waals surface area contributed by atoms with Crippen molar-refractivity contribution in [1.82, 2.24) is 0 Å². The maximum Gasteiger partial charge on any atom is 0.341 e. The summed E-state index contributed by atoms with van der Waals surface area (Å²) in [5, 5.41) is 11.8. The summed E-state index contributed by atoms with van der Waals surface area (Å²) in [6, 6.07) is 5.58. The molecule has 0 aromatic heterocycles. The molecule has 20 heavy (non-hydrogen) atoms. The molecule has 0 aliphatic rings. The molecule has 0 fully saturated rings. The number of hydrogen-bond acceptors (Lipinski definition) is 4. The maximum atomic E-state index is 12.6. The van der Waals surface area contributed by atoms with Gasteiger partial charge < -0.3 is 10.4 Å². The van der Waals surface area contributed by atoms with E-state index >= 15 is 0 Å². The molecular weight excluding hydrogens is 288 g/mol. The fourth-order valence-corrected chi connectivity index (χ4v) is 2.59. The highest BCUT2D eigenvalue weighted by Gasteiger charge is 2.29. The van der Waals surface area contributed by atoms with Crippen molar-refractivity contribution in [2.24, 2.45) is 5.41 Å². The van der Waals surface area contributed by atoms with Gasteiger partial charge in [0.05, 0.1) is 10.6 Å². The summed E-state index contributed by atoms with van der Waals surface area (Å²) in [7, 11) is -4.63. The molecule has 0 radical (unpaired) electrons. The van der Waals surface area contributed by atoms with E-state index in [2.05, 4.69) is 5.32 Å². The van der Waals surface area contributed by atoms with E-state index in [1.54, 1.807) is 6.07 Å². The number of para-hydroxylation sites is 1. The van der Waals surface area contributed by atoms with Crippen molar-refractivity contribution in [2.75, 3.05) is 18.5 Å². The van der Waals surface area contributed by atoms with Crippen molar-refractivity contribution >= 4 is 15.5 Å². The molecule has 0 spiro atoms. The summed E-state index contributed by atoms with van der Waals surface area (Å²) in [6.45, 7) is 4.15. The van der Waals surface area contributed by atoms with Gasteiger partial charge in [0, 0.05) is 13.2 Å². The van der Waals surface area contributed by atoms with Gasteiger partial charge in [-0.25, -0.2) is 8.42 Å². The van der Waals surface area contributed by atoms with Crippen molar-refractivity contribution in [3.63, 3.8) is 0 Å². The van der Waals surface area contributed by atoms with E-state index in [1.807, 2.05) is 13.8 Å². The van der Waals surface area contributed by atoms with Crippen LogP contribution in [0.15, 0.2) is 29.2 Å². The topological polar surface area (TPSA) is 66.4 Å². The highest BCUT2D eigenvalue weighted by Crippen LogP contribution is 2.28. The van der Waals surface area contributed by atoms with Crippen LogP contribution in [0.3, 0.4) is 0 Å². The van der Waals surface area contributed by atoms with Gasteiger partial charge in [0.1, 0.15) is 0 Å². The second kappa shape index (κ2) is 6.49. The van der Waals surface area contributed by atoms with Crippen LogP contribution in [-0.2, 0) is 9.84 Å². The first-order valence-electron chi connectivity index (χ1n) is 6.16.